The number of pyridine rings is 2. The summed E-state index contributed by atoms with van der Waals surface area (Å²) in [5, 5.41) is 7.59. The fourth-order valence-electron chi connectivity index (χ4n) is 4.95. The van der Waals surface area contributed by atoms with Gasteiger partial charge in [-0.3, -0.25) is 0 Å². The third kappa shape index (κ3) is 4.21. The molecule has 5 heterocycles. The minimum Gasteiger partial charge on any atom is -0.368 e. The van der Waals surface area contributed by atoms with E-state index in [2.05, 4.69) is 41.5 Å². The van der Waals surface area contributed by atoms with Gasteiger partial charge in [0.2, 0.25) is 5.95 Å². The number of thiophene rings is 1. The van der Waals surface area contributed by atoms with Gasteiger partial charge in [0.25, 0.3) is 0 Å². The van der Waals surface area contributed by atoms with E-state index in [0.29, 0.717) is 17.7 Å². The van der Waals surface area contributed by atoms with Gasteiger partial charge >= 0.3 is 0 Å². The van der Waals surface area contributed by atoms with Gasteiger partial charge in [-0.15, -0.1) is 11.3 Å². The molecule has 0 amide bonds. The van der Waals surface area contributed by atoms with E-state index >= 15 is 0 Å². The Morgan fingerprint density at radius 3 is 2.68 bits per heavy atom. The molecule has 6 rings (SSSR count). The molecule has 1 aliphatic heterocycles. The largest absolute Gasteiger partial charge is 0.368 e. The Kier molecular flexibility index (Phi) is 5.80. The Balaban J connectivity index is 1.26. The van der Waals surface area contributed by atoms with E-state index in [4.69, 9.17) is 0 Å². The van der Waals surface area contributed by atoms with Crippen molar-refractivity contribution in [2.75, 3.05) is 36.4 Å². The molecule has 9 heteroatoms. The maximum absolute atomic E-state index is 14.8. The van der Waals surface area contributed by atoms with Gasteiger partial charge in [0.05, 0.1) is 23.0 Å². The van der Waals surface area contributed by atoms with Crippen molar-refractivity contribution in [1.82, 2.24) is 25.3 Å². The lowest BCUT2D eigenvalue weighted by Gasteiger charge is -2.29. The summed E-state index contributed by atoms with van der Waals surface area (Å²) in [6, 6.07) is 8.10. The van der Waals surface area contributed by atoms with Crippen molar-refractivity contribution in [1.29, 1.82) is 0 Å². The van der Waals surface area contributed by atoms with E-state index < -0.39 is 5.82 Å². The van der Waals surface area contributed by atoms with Crippen LogP contribution in [0.4, 0.5) is 21.8 Å². The SMILES string of the molecule is Fc1cnc(Nc2ccc(N3CCNCC3)cn2)nc1-c1cc2c(C3CCCC3)ccnc2s1. The molecule has 2 fully saturated rings. The number of nitrogens with one attached hydrogen (secondary N) is 2. The van der Waals surface area contributed by atoms with Crippen molar-refractivity contribution >= 4 is 39.0 Å². The predicted molar refractivity (Wildman–Crippen MR) is 134 cm³/mol. The summed E-state index contributed by atoms with van der Waals surface area (Å²) in [5.74, 6) is 1.07. The highest BCUT2D eigenvalue weighted by atomic mass is 32.1. The van der Waals surface area contributed by atoms with Crippen LogP contribution >= 0.6 is 11.3 Å². The molecule has 1 saturated heterocycles. The van der Waals surface area contributed by atoms with E-state index in [1.54, 1.807) is 0 Å². The molecular weight excluding hydrogens is 449 g/mol. The minimum absolute atomic E-state index is 0.287. The molecule has 34 heavy (non-hydrogen) atoms. The van der Waals surface area contributed by atoms with Gasteiger partial charge in [0, 0.05) is 37.8 Å². The topological polar surface area (TPSA) is 78.9 Å². The second-order valence-electron chi connectivity index (χ2n) is 8.86. The first-order chi connectivity index (χ1) is 16.7. The molecule has 0 spiro atoms. The van der Waals surface area contributed by atoms with Gasteiger partial charge in [-0.2, -0.15) is 0 Å². The highest BCUT2D eigenvalue weighted by Crippen LogP contribution is 2.41. The maximum atomic E-state index is 14.8. The summed E-state index contributed by atoms with van der Waals surface area (Å²) < 4.78 is 14.8. The van der Waals surface area contributed by atoms with Crippen molar-refractivity contribution in [2.45, 2.75) is 31.6 Å². The summed E-state index contributed by atoms with van der Waals surface area (Å²) in [4.78, 5) is 21.7. The predicted octanol–water partition coefficient (Wildman–Crippen LogP) is 5.10. The number of fused-ring (bicyclic) bond motifs is 1. The Morgan fingerprint density at radius 1 is 1.03 bits per heavy atom. The second-order valence-corrected chi connectivity index (χ2v) is 9.90. The number of anilines is 3. The van der Waals surface area contributed by atoms with Crippen molar-refractivity contribution in [2.24, 2.45) is 0 Å². The van der Waals surface area contributed by atoms with Crippen LogP contribution in [0.1, 0.15) is 37.2 Å². The van der Waals surface area contributed by atoms with Crippen LogP contribution in [-0.4, -0.2) is 46.1 Å². The summed E-state index contributed by atoms with van der Waals surface area (Å²) in [6.07, 6.45) is 9.89. The Morgan fingerprint density at radius 2 is 1.88 bits per heavy atom. The zero-order valence-corrected chi connectivity index (χ0v) is 19.6. The molecule has 4 aromatic rings. The van der Waals surface area contributed by atoms with Gasteiger partial charge in [-0.05, 0) is 48.6 Å². The van der Waals surface area contributed by atoms with Crippen LogP contribution in [0.5, 0.6) is 0 Å². The van der Waals surface area contributed by atoms with Crippen LogP contribution in [0.2, 0.25) is 0 Å². The molecule has 0 bridgehead atoms. The summed E-state index contributed by atoms with van der Waals surface area (Å²) in [6.45, 7) is 3.87. The minimum atomic E-state index is -0.443. The maximum Gasteiger partial charge on any atom is 0.229 e. The number of hydrogen-bond donors (Lipinski definition) is 2. The number of halogens is 1. The molecule has 0 atom stereocenters. The Bertz CT molecular complexity index is 1290. The van der Waals surface area contributed by atoms with Crippen LogP contribution in [0, 0.1) is 5.82 Å². The van der Waals surface area contributed by atoms with Gasteiger partial charge in [-0.1, -0.05) is 12.8 Å². The van der Waals surface area contributed by atoms with Crippen molar-refractivity contribution in [3.63, 3.8) is 0 Å². The molecule has 0 unspecified atom stereocenters. The van der Waals surface area contributed by atoms with Crippen LogP contribution < -0.4 is 15.5 Å². The fraction of sp³-hybridized carbons (Fsp3) is 0.360. The Hall–Kier alpha value is -3.17. The first kappa shape index (κ1) is 21.4. The third-order valence-electron chi connectivity index (χ3n) is 6.71. The second kappa shape index (κ2) is 9.23. The normalized spacial score (nSPS) is 16.9. The average Bonchev–Trinajstić information content (AvgIpc) is 3.56. The van der Waals surface area contributed by atoms with Crippen molar-refractivity contribution in [3.8, 4) is 10.6 Å². The van der Waals surface area contributed by atoms with Crippen LogP contribution in [0.25, 0.3) is 20.8 Å². The molecule has 174 valence electrons. The number of aromatic nitrogens is 4. The lowest BCUT2D eigenvalue weighted by molar-refractivity contribution is 0.589. The van der Waals surface area contributed by atoms with Crippen LogP contribution in [0.15, 0.2) is 42.9 Å². The molecule has 2 aliphatic rings. The number of hydrogen-bond acceptors (Lipinski definition) is 8. The molecular formula is C25H26FN7S. The molecule has 4 aromatic heterocycles. The highest BCUT2D eigenvalue weighted by molar-refractivity contribution is 7.21. The van der Waals surface area contributed by atoms with Crippen LogP contribution in [0.3, 0.4) is 0 Å². The number of rotatable bonds is 5. The average molecular weight is 476 g/mol. The lowest BCUT2D eigenvalue weighted by atomic mass is 9.96. The zero-order valence-electron chi connectivity index (χ0n) is 18.8. The molecule has 0 radical (unpaired) electrons. The van der Waals surface area contributed by atoms with E-state index in [9.17, 15) is 4.39 Å². The van der Waals surface area contributed by atoms with Gasteiger partial charge in [-0.25, -0.2) is 24.3 Å². The van der Waals surface area contributed by atoms with E-state index in [1.165, 1.54) is 48.8 Å². The first-order valence-corrected chi connectivity index (χ1v) is 12.7. The summed E-state index contributed by atoms with van der Waals surface area (Å²) >= 11 is 1.47. The number of piperazine rings is 1. The van der Waals surface area contributed by atoms with E-state index in [1.807, 2.05) is 30.6 Å². The van der Waals surface area contributed by atoms with Gasteiger partial charge < -0.3 is 15.5 Å². The summed E-state index contributed by atoms with van der Waals surface area (Å²) in [7, 11) is 0. The quantitative estimate of drug-likeness (QED) is 0.416. The molecule has 1 aliphatic carbocycles. The standard InChI is InChI=1S/C25H26FN7S/c26-20-15-30-25(31-22-6-5-17(14-29-22)33-11-9-27-10-12-33)32-23(20)21-13-19-18(16-3-1-2-4-16)7-8-28-24(19)34-21/h5-8,13-16,27H,1-4,9-12H2,(H,29,30,31,32). The van der Waals surface area contributed by atoms with Gasteiger partial charge in [0.1, 0.15) is 16.3 Å². The van der Waals surface area contributed by atoms with E-state index in [-0.39, 0.29) is 5.69 Å². The van der Waals surface area contributed by atoms with Crippen molar-refractivity contribution in [3.05, 3.63) is 54.2 Å². The van der Waals surface area contributed by atoms with Crippen molar-refractivity contribution < 1.29 is 4.39 Å². The smallest absolute Gasteiger partial charge is 0.229 e. The van der Waals surface area contributed by atoms with Gasteiger partial charge in [0.15, 0.2) is 5.82 Å². The molecule has 2 N–H and O–H groups in total. The first-order valence-electron chi connectivity index (χ1n) is 11.8. The molecule has 7 nitrogen and oxygen atoms in total. The van der Waals surface area contributed by atoms with Crippen LogP contribution in [-0.2, 0) is 0 Å². The zero-order chi connectivity index (χ0) is 22.9. The lowest BCUT2D eigenvalue weighted by Crippen LogP contribution is -2.43. The number of nitrogens with zero attached hydrogens (tertiary/aromatic N) is 5. The third-order valence-corrected chi connectivity index (χ3v) is 7.76. The molecule has 1 saturated carbocycles. The Labute approximate surface area is 201 Å². The fourth-order valence-corrected chi connectivity index (χ4v) is 5.98. The monoisotopic (exact) mass is 475 g/mol. The van der Waals surface area contributed by atoms with E-state index in [0.717, 1.165) is 47.0 Å². The summed E-state index contributed by atoms with van der Waals surface area (Å²) in [5.41, 5.74) is 2.70. The molecule has 0 aromatic carbocycles. The highest BCUT2D eigenvalue weighted by Gasteiger charge is 2.22.